The Kier molecular flexibility index (Phi) is 3.47. The van der Waals surface area contributed by atoms with Crippen LogP contribution >= 0.6 is 11.3 Å². The average Bonchev–Trinajstić information content (AvgIpc) is 3.02. The molecule has 3 nitrogen and oxygen atoms in total. The maximum atomic E-state index is 13.4. The van der Waals surface area contributed by atoms with E-state index < -0.39 is 11.6 Å². The Bertz CT molecular complexity index is 775. The highest BCUT2D eigenvalue weighted by atomic mass is 32.1. The third-order valence-corrected chi connectivity index (χ3v) is 4.18. The van der Waals surface area contributed by atoms with Crippen molar-refractivity contribution in [2.45, 2.75) is 13.3 Å². The summed E-state index contributed by atoms with van der Waals surface area (Å²) in [5, 5.41) is 5.91. The summed E-state index contributed by atoms with van der Waals surface area (Å²) in [5.41, 5.74) is 8.15. The number of thiophene rings is 1. The molecule has 0 fully saturated rings. The molecule has 21 heavy (non-hydrogen) atoms. The van der Waals surface area contributed by atoms with Crippen LogP contribution in [0.4, 0.5) is 14.7 Å². The molecular formula is C15H12F2N2OS. The van der Waals surface area contributed by atoms with Gasteiger partial charge in [-0.15, -0.1) is 11.3 Å². The van der Waals surface area contributed by atoms with Gasteiger partial charge in [-0.2, -0.15) is 0 Å². The van der Waals surface area contributed by atoms with Crippen molar-refractivity contribution in [1.29, 1.82) is 0 Å². The molecule has 0 amide bonds. The van der Waals surface area contributed by atoms with E-state index in [-0.39, 0.29) is 5.88 Å². The van der Waals surface area contributed by atoms with Crippen LogP contribution in [0.1, 0.15) is 12.5 Å². The minimum atomic E-state index is -0.668. The molecule has 2 heterocycles. The fraction of sp³-hybridized carbons (Fsp3) is 0.133. The molecule has 0 unspecified atom stereocenters. The van der Waals surface area contributed by atoms with Crippen LogP contribution in [-0.2, 0) is 6.42 Å². The molecule has 0 aliphatic rings. The van der Waals surface area contributed by atoms with Gasteiger partial charge >= 0.3 is 0 Å². The summed E-state index contributed by atoms with van der Waals surface area (Å²) < 4.78 is 31.9. The smallest absolute Gasteiger partial charge is 0.230 e. The lowest BCUT2D eigenvalue weighted by Gasteiger charge is -2.04. The summed E-state index contributed by atoms with van der Waals surface area (Å²) in [6.07, 6.45) is 0.822. The number of hydrogen-bond acceptors (Lipinski definition) is 4. The summed E-state index contributed by atoms with van der Waals surface area (Å²) in [5.74, 6) is -1.29. The first-order valence-corrected chi connectivity index (χ1v) is 7.26. The van der Waals surface area contributed by atoms with E-state index in [0.717, 1.165) is 22.9 Å². The first kappa shape index (κ1) is 13.8. The molecule has 0 saturated carbocycles. The Morgan fingerprint density at radius 2 is 1.95 bits per heavy atom. The monoisotopic (exact) mass is 306 g/mol. The van der Waals surface area contributed by atoms with Gasteiger partial charge in [-0.1, -0.05) is 12.1 Å². The molecule has 3 rings (SSSR count). The van der Waals surface area contributed by atoms with Crippen molar-refractivity contribution in [3.8, 4) is 21.7 Å². The molecule has 0 aliphatic heterocycles. The van der Waals surface area contributed by atoms with E-state index in [9.17, 15) is 8.78 Å². The van der Waals surface area contributed by atoms with Crippen molar-refractivity contribution in [3.63, 3.8) is 0 Å². The fourth-order valence-electron chi connectivity index (χ4n) is 2.26. The number of hydrogen-bond donors (Lipinski definition) is 1. The van der Waals surface area contributed by atoms with E-state index >= 15 is 0 Å². The van der Waals surface area contributed by atoms with E-state index in [1.54, 1.807) is 0 Å². The first-order chi connectivity index (χ1) is 10.1. The molecule has 0 bridgehead atoms. The van der Waals surface area contributed by atoms with Gasteiger partial charge in [0.15, 0.2) is 0 Å². The van der Waals surface area contributed by atoms with Crippen LogP contribution < -0.4 is 5.73 Å². The Labute approximate surface area is 124 Å². The van der Waals surface area contributed by atoms with Crippen molar-refractivity contribution in [1.82, 2.24) is 5.16 Å². The molecule has 108 valence electrons. The van der Waals surface area contributed by atoms with Crippen LogP contribution in [0.5, 0.6) is 0 Å². The topological polar surface area (TPSA) is 52.0 Å². The van der Waals surface area contributed by atoms with Crippen LogP contribution in [0, 0.1) is 11.6 Å². The van der Waals surface area contributed by atoms with Gasteiger partial charge in [-0.3, -0.25) is 0 Å². The van der Waals surface area contributed by atoms with Crippen LogP contribution in [-0.4, -0.2) is 5.16 Å². The maximum absolute atomic E-state index is 13.4. The highest BCUT2D eigenvalue weighted by Gasteiger charge is 2.21. The summed E-state index contributed by atoms with van der Waals surface area (Å²) >= 11 is 1.49. The van der Waals surface area contributed by atoms with Crippen molar-refractivity contribution < 1.29 is 13.3 Å². The molecule has 3 aromatic rings. The third kappa shape index (κ3) is 2.42. The number of halogens is 2. The second-order valence-corrected chi connectivity index (χ2v) is 5.47. The summed E-state index contributed by atoms with van der Waals surface area (Å²) in [4.78, 5) is 0.901. The molecular weight excluding hydrogens is 294 g/mol. The summed E-state index contributed by atoms with van der Waals surface area (Å²) in [6, 6.07) is 5.24. The number of rotatable bonds is 3. The van der Waals surface area contributed by atoms with Crippen molar-refractivity contribution in [3.05, 3.63) is 46.8 Å². The van der Waals surface area contributed by atoms with Crippen molar-refractivity contribution >= 4 is 17.2 Å². The molecule has 2 aromatic heterocycles. The normalized spacial score (nSPS) is 11.0. The molecule has 0 atom stereocenters. The van der Waals surface area contributed by atoms with Crippen LogP contribution in [0.3, 0.4) is 0 Å². The molecule has 0 radical (unpaired) electrons. The molecule has 0 aliphatic carbocycles. The Morgan fingerprint density at radius 3 is 2.62 bits per heavy atom. The average molecular weight is 306 g/mol. The largest absolute Gasteiger partial charge is 0.367 e. The Balaban J connectivity index is 2.22. The predicted molar refractivity (Wildman–Crippen MR) is 79.0 cm³/mol. The van der Waals surface area contributed by atoms with E-state index in [1.165, 1.54) is 23.5 Å². The summed E-state index contributed by atoms with van der Waals surface area (Å²) in [6.45, 7) is 2.02. The zero-order chi connectivity index (χ0) is 15.0. The number of aromatic nitrogens is 1. The van der Waals surface area contributed by atoms with E-state index in [0.29, 0.717) is 16.8 Å². The van der Waals surface area contributed by atoms with Gasteiger partial charge in [0.25, 0.3) is 0 Å². The minimum absolute atomic E-state index is 0.0467. The van der Waals surface area contributed by atoms with Crippen LogP contribution in [0.25, 0.3) is 21.7 Å². The van der Waals surface area contributed by atoms with Crippen molar-refractivity contribution in [2.75, 3.05) is 5.73 Å². The standard InChI is InChI=1S/C15H12F2N2OS/c1-2-8-3-4-21-14(8)13-12(15(18)20-19-13)9-5-10(16)7-11(17)6-9/h3-7H,2,18H2,1H3. The zero-order valence-electron chi connectivity index (χ0n) is 11.2. The molecule has 1 aromatic carbocycles. The maximum Gasteiger partial charge on any atom is 0.230 e. The quantitative estimate of drug-likeness (QED) is 0.775. The second kappa shape index (κ2) is 5.29. The Morgan fingerprint density at radius 1 is 1.24 bits per heavy atom. The van der Waals surface area contributed by atoms with E-state index in [4.69, 9.17) is 10.3 Å². The van der Waals surface area contributed by atoms with E-state index in [1.807, 2.05) is 18.4 Å². The molecule has 6 heteroatoms. The number of anilines is 1. The number of benzene rings is 1. The lowest BCUT2D eigenvalue weighted by molar-refractivity contribution is 0.439. The van der Waals surface area contributed by atoms with Gasteiger partial charge in [0.05, 0.1) is 10.4 Å². The number of aryl methyl sites for hydroxylation is 1. The number of nitrogens with zero attached hydrogens (tertiary/aromatic N) is 1. The third-order valence-electron chi connectivity index (χ3n) is 3.21. The Hall–Kier alpha value is -2.21. The zero-order valence-corrected chi connectivity index (χ0v) is 12.0. The SMILES string of the molecule is CCc1ccsc1-c1noc(N)c1-c1cc(F)cc(F)c1. The van der Waals surface area contributed by atoms with Gasteiger partial charge in [0, 0.05) is 6.07 Å². The van der Waals surface area contributed by atoms with Gasteiger partial charge in [0.1, 0.15) is 17.3 Å². The highest BCUT2D eigenvalue weighted by molar-refractivity contribution is 7.13. The molecule has 2 N–H and O–H groups in total. The molecule has 0 saturated heterocycles. The van der Waals surface area contributed by atoms with Gasteiger partial charge in [-0.05, 0) is 41.1 Å². The number of nitrogen functional groups attached to an aromatic ring is 1. The van der Waals surface area contributed by atoms with Crippen LogP contribution in [0.2, 0.25) is 0 Å². The van der Waals surface area contributed by atoms with Crippen LogP contribution in [0.15, 0.2) is 34.2 Å². The number of nitrogens with two attached hydrogens (primary N) is 1. The highest BCUT2D eigenvalue weighted by Crippen LogP contribution is 2.40. The second-order valence-electron chi connectivity index (χ2n) is 4.56. The lowest BCUT2D eigenvalue weighted by Crippen LogP contribution is -1.90. The van der Waals surface area contributed by atoms with E-state index in [2.05, 4.69) is 5.16 Å². The lowest BCUT2D eigenvalue weighted by atomic mass is 10.0. The predicted octanol–water partition coefficient (Wildman–Crippen LogP) is 4.49. The van der Waals surface area contributed by atoms with Gasteiger partial charge in [-0.25, -0.2) is 8.78 Å². The first-order valence-electron chi connectivity index (χ1n) is 6.38. The van der Waals surface area contributed by atoms with Gasteiger partial charge in [0.2, 0.25) is 5.88 Å². The summed E-state index contributed by atoms with van der Waals surface area (Å²) in [7, 11) is 0. The van der Waals surface area contributed by atoms with Crippen molar-refractivity contribution in [2.24, 2.45) is 0 Å². The minimum Gasteiger partial charge on any atom is -0.367 e. The molecule has 0 spiro atoms. The fourth-order valence-corrected chi connectivity index (χ4v) is 3.24. The van der Waals surface area contributed by atoms with Gasteiger partial charge < -0.3 is 10.3 Å².